The van der Waals surface area contributed by atoms with E-state index in [4.69, 9.17) is 18.9 Å². The van der Waals surface area contributed by atoms with Crippen LogP contribution < -0.4 is 29.6 Å². The third kappa shape index (κ3) is 3.93. The summed E-state index contributed by atoms with van der Waals surface area (Å²) < 4.78 is 21.5. The number of anilines is 2. The lowest BCUT2D eigenvalue weighted by molar-refractivity contribution is -0.116. The fourth-order valence-corrected chi connectivity index (χ4v) is 2.60. The lowest BCUT2D eigenvalue weighted by atomic mass is 10.2. The van der Waals surface area contributed by atoms with Crippen molar-refractivity contribution >= 4 is 17.3 Å². The van der Waals surface area contributed by atoms with E-state index in [1.165, 1.54) is 0 Å². The molecule has 3 rings (SSSR count). The lowest BCUT2D eigenvalue weighted by Crippen LogP contribution is -2.32. The first-order valence-corrected chi connectivity index (χ1v) is 8.30. The molecule has 2 aromatic carbocycles. The van der Waals surface area contributed by atoms with E-state index in [2.05, 4.69) is 10.6 Å². The van der Waals surface area contributed by atoms with E-state index in [1.54, 1.807) is 39.3 Å². The number of methoxy groups -OCH3 is 2. The summed E-state index contributed by atoms with van der Waals surface area (Å²) in [6.07, 6.45) is 0. The molecule has 1 heterocycles. The van der Waals surface area contributed by atoms with Gasteiger partial charge in [0.05, 0.1) is 19.9 Å². The van der Waals surface area contributed by atoms with Crippen molar-refractivity contribution in [1.29, 1.82) is 0 Å². The minimum absolute atomic E-state index is 0.202. The molecule has 0 spiro atoms. The predicted molar refractivity (Wildman–Crippen MR) is 98.7 cm³/mol. The first-order valence-electron chi connectivity index (χ1n) is 8.30. The molecular weight excluding hydrogens is 336 g/mol. The summed E-state index contributed by atoms with van der Waals surface area (Å²) in [5.41, 5.74) is 1.32. The minimum Gasteiger partial charge on any atom is -0.497 e. The number of ether oxygens (including phenoxy) is 4. The van der Waals surface area contributed by atoms with Crippen LogP contribution in [0.4, 0.5) is 11.4 Å². The van der Waals surface area contributed by atoms with E-state index < -0.39 is 6.04 Å². The Morgan fingerprint density at radius 3 is 2.54 bits per heavy atom. The Balaban J connectivity index is 1.68. The van der Waals surface area contributed by atoms with Gasteiger partial charge in [-0.3, -0.25) is 4.79 Å². The number of nitrogens with one attached hydrogen (secondary N) is 2. The van der Waals surface area contributed by atoms with Crippen molar-refractivity contribution in [3.8, 4) is 23.0 Å². The summed E-state index contributed by atoms with van der Waals surface area (Å²) in [6.45, 7) is 2.84. The van der Waals surface area contributed by atoms with Crippen LogP contribution >= 0.6 is 0 Å². The zero-order chi connectivity index (χ0) is 18.5. The molecule has 7 heteroatoms. The van der Waals surface area contributed by atoms with Gasteiger partial charge >= 0.3 is 0 Å². The zero-order valence-corrected chi connectivity index (χ0v) is 15.0. The number of hydrogen-bond acceptors (Lipinski definition) is 6. The predicted octanol–water partition coefficient (Wildman–Crippen LogP) is 2.91. The Hall–Kier alpha value is -3.09. The number of fused-ring (bicyclic) bond motifs is 1. The number of carbonyl (C=O) groups is 1. The molecule has 1 amide bonds. The fraction of sp³-hybridized carbons (Fsp3) is 0.316. The maximum absolute atomic E-state index is 12.5. The fourth-order valence-electron chi connectivity index (χ4n) is 2.60. The van der Waals surface area contributed by atoms with Crippen LogP contribution in [0.5, 0.6) is 23.0 Å². The second-order valence-corrected chi connectivity index (χ2v) is 5.78. The monoisotopic (exact) mass is 358 g/mol. The smallest absolute Gasteiger partial charge is 0.246 e. The van der Waals surface area contributed by atoms with Crippen molar-refractivity contribution in [2.24, 2.45) is 0 Å². The van der Waals surface area contributed by atoms with E-state index in [0.717, 1.165) is 5.69 Å². The second kappa shape index (κ2) is 7.86. The molecule has 7 nitrogen and oxygen atoms in total. The average molecular weight is 358 g/mol. The van der Waals surface area contributed by atoms with Crippen LogP contribution in [0.1, 0.15) is 6.92 Å². The molecule has 2 N–H and O–H groups in total. The largest absolute Gasteiger partial charge is 0.497 e. The molecule has 0 saturated carbocycles. The Labute approximate surface area is 152 Å². The molecule has 1 aliphatic rings. The van der Waals surface area contributed by atoms with Crippen molar-refractivity contribution in [1.82, 2.24) is 0 Å². The maximum atomic E-state index is 12.5. The lowest BCUT2D eigenvalue weighted by Gasteiger charge is -2.21. The summed E-state index contributed by atoms with van der Waals surface area (Å²) in [7, 11) is 3.12. The highest BCUT2D eigenvalue weighted by molar-refractivity contribution is 5.97. The zero-order valence-electron chi connectivity index (χ0n) is 15.0. The van der Waals surface area contributed by atoms with Gasteiger partial charge in [-0.2, -0.15) is 0 Å². The van der Waals surface area contributed by atoms with Gasteiger partial charge in [0.25, 0.3) is 0 Å². The van der Waals surface area contributed by atoms with Gasteiger partial charge in [0, 0.05) is 17.8 Å². The van der Waals surface area contributed by atoms with Gasteiger partial charge in [-0.05, 0) is 31.2 Å². The number of benzene rings is 2. The summed E-state index contributed by atoms with van der Waals surface area (Å²) in [6, 6.07) is 10.3. The Morgan fingerprint density at radius 1 is 1.04 bits per heavy atom. The van der Waals surface area contributed by atoms with Gasteiger partial charge in [-0.15, -0.1) is 0 Å². The summed E-state index contributed by atoms with van der Waals surface area (Å²) in [4.78, 5) is 12.5. The van der Waals surface area contributed by atoms with E-state index >= 15 is 0 Å². The van der Waals surface area contributed by atoms with Crippen molar-refractivity contribution in [2.45, 2.75) is 13.0 Å². The van der Waals surface area contributed by atoms with Gasteiger partial charge in [0.1, 0.15) is 30.8 Å². The number of amides is 1. The summed E-state index contributed by atoms with van der Waals surface area (Å²) in [5.74, 6) is 2.37. The molecule has 138 valence electrons. The SMILES string of the molecule is COc1ccc(OC)c(NC(=O)C(C)Nc2ccc3c(c2)OCCO3)c1. The molecule has 0 saturated heterocycles. The number of carbonyl (C=O) groups excluding carboxylic acids is 1. The molecule has 26 heavy (non-hydrogen) atoms. The first kappa shape index (κ1) is 17.7. The summed E-state index contributed by atoms with van der Waals surface area (Å²) >= 11 is 0. The molecule has 0 aromatic heterocycles. The Morgan fingerprint density at radius 2 is 1.81 bits per heavy atom. The van der Waals surface area contributed by atoms with E-state index in [0.29, 0.717) is 41.9 Å². The van der Waals surface area contributed by atoms with Crippen LogP contribution in [0.3, 0.4) is 0 Å². The highest BCUT2D eigenvalue weighted by atomic mass is 16.6. The van der Waals surface area contributed by atoms with Crippen molar-refractivity contribution in [3.63, 3.8) is 0 Å². The third-order valence-corrected chi connectivity index (χ3v) is 3.98. The van der Waals surface area contributed by atoms with Gasteiger partial charge < -0.3 is 29.6 Å². The Kier molecular flexibility index (Phi) is 5.36. The molecular formula is C19H22N2O5. The molecule has 2 aromatic rings. The topological polar surface area (TPSA) is 78.1 Å². The van der Waals surface area contributed by atoms with Gasteiger partial charge in [-0.25, -0.2) is 0 Å². The normalized spacial score (nSPS) is 13.5. The Bertz CT molecular complexity index is 793. The van der Waals surface area contributed by atoms with Crippen LogP contribution in [-0.4, -0.2) is 39.4 Å². The van der Waals surface area contributed by atoms with Crippen LogP contribution in [0.15, 0.2) is 36.4 Å². The van der Waals surface area contributed by atoms with Crippen molar-refractivity contribution in [2.75, 3.05) is 38.1 Å². The molecule has 0 aliphatic carbocycles. The van der Waals surface area contributed by atoms with Crippen LogP contribution in [0.25, 0.3) is 0 Å². The second-order valence-electron chi connectivity index (χ2n) is 5.78. The maximum Gasteiger partial charge on any atom is 0.246 e. The van der Waals surface area contributed by atoms with Crippen LogP contribution in [0.2, 0.25) is 0 Å². The van der Waals surface area contributed by atoms with Gasteiger partial charge in [-0.1, -0.05) is 0 Å². The molecule has 1 atom stereocenters. The van der Waals surface area contributed by atoms with Crippen molar-refractivity contribution < 1.29 is 23.7 Å². The van der Waals surface area contributed by atoms with Crippen LogP contribution in [-0.2, 0) is 4.79 Å². The third-order valence-electron chi connectivity index (χ3n) is 3.98. The highest BCUT2D eigenvalue weighted by Crippen LogP contribution is 2.33. The van der Waals surface area contributed by atoms with E-state index in [9.17, 15) is 4.79 Å². The van der Waals surface area contributed by atoms with E-state index in [-0.39, 0.29) is 5.91 Å². The van der Waals surface area contributed by atoms with Crippen molar-refractivity contribution in [3.05, 3.63) is 36.4 Å². The molecule has 0 fully saturated rings. The molecule has 1 aliphatic heterocycles. The van der Waals surface area contributed by atoms with Crippen LogP contribution in [0, 0.1) is 0 Å². The molecule has 0 radical (unpaired) electrons. The van der Waals surface area contributed by atoms with Gasteiger partial charge in [0.2, 0.25) is 5.91 Å². The van der Waals surface area contributed by atoms with Gasteiger partial charge in [0.15, 0.2) is 11.5 Å². The number of hydrogen-bond donors (Lipinski definition) is 2. The standard InChI is InChI=1S/C19H22N2O5/c1-12(20-13-4-6-17-18(10-13)26-9-8-25-17)19(22)21-15-11-14(23-2)5-7-16(15)24-3/h4-7,10-12,20H,8-9H2,1-3H3,(H,21,22). The number of rotatable bonds is 6. The highest BCUT2D eigenvalue weighted by Gasteiger charge is 2.17. The minimum atomic E-state index is -0.478. The summed E-state index contributed by atoms with van der Waals surface area (Å²) in [5, 5.41) is 6.01. The quantitative estimate of drug-likeness (QED) is 0.827. The van der Waals surface area contributed by atoms with E-state index in [1.807, 2.05) is 18.2 Å². The molecule has 1 unspecified atom stereocenters. The molecule has 0 bridgehead atoms. The average Bonchev–Trinajstić information content (AvgIpc) is 2.67. The first-order chi connectivity index (χ1) is 12.6.